The van der Waals surface area contributed by atoms with Crippen LogP contribution in [0.2, 0.25) is 0 Å². The van der Waals surface area contributed by atoms with Crippen molar-refractivity contribution in [1.82, 2.24) is 9.78 Å². The van der Waals surface area contributed by atoms with Crippen LogP contribution in [0.25, 0.3) is 0 Å². The van der Waals surface area contributed by atoms with Crippen molar-refractivity contribution in [2.45, 2.75) is 10.8 Å². The van der Waals surface area contributed by atoms with Gasteiger partial charge in [-0.25, -0.2) is 0 Å². The van der Waals surface area contributed by atoms with E-state index in [1.807, 2.05) is 41.2 Å². The fourth-order valence-electron chi connectivity index (χ4n) is 1.12. The maximum Gasteiger partial charge on any atom is 0.0910 e. The predicted molar refractivity (Wildman–Crippen MR) is 58.9 cm³/mol. The maximum atomic E-state index is 5.81. The molecular weight excluding hydrogens is 194 g/mol. The third kappa shape index (κ3) is 2.09. The zero-order valence-electron chi connectivity index (χ0n) is 7.63. The number of nitrogens with zero attached hydrogens (tertiary/aromatic N) is 2. The van der Waals surface area contributed by atoms with Gasteiger partial charge in [-0.15, -0.1) is 11.8 Å². The fraction of sp³-hybridized carbons (Fsp3) is 0.100. The van der Waals surface area contributed by atoms with Crippen LogP contribution in [-0.4, -0.2) is 9.78 Å². The van der Waals surface area contributed by atoms with Crippen LogP contribution in [0, 0.1) is 0 Å². The summed E-state index contributed by atoms with van der Waals surface area (Å²) in [5, 5.41) is 4.12. The molecule has 0 unspecified atom stereocenters. The molecule has 0 fully saturated rings. The van der Waals surface area contributed by atoms with Crippen molar-refractivity contribution in [2.75, 3.05) is 5.73 Å². The summed E-state index contributed by atoms with van der Waals surface area (Å²) in [6.07, 6.45) is 3.71. The second-order valence-corrected chi connectivity index (χ2v) is 3.84. The largest absolute Gasteiger partial charge is 0.398 e. The fourth-order valence-corrected chi connectivity index (χ4v) is 1.96. The molecule has 0 amide bonds. The van der Waals surface area contributed by atoms with Crippen molar-refractivity contribution in [1.29, 1.82) is 0 Å². The van der Waals surface area contributed by atoms with E-state index in [1.165, 1.54) is 0 Å². The highest BCUT2D eigenvalue weighted by Gasteiger charge is 1.98. The van der Waals surface area contributed by atoms with Gasteiger partial charge >= 0.3 is 0 Å². The van der Waals surface area contributed by atoms with Gasteiger partial charge in [0, 0.05) is 23.0 Å². The number of rotatable bonds is 3. The van der Waals surface area contributed by atoms with Crippen molar-refractivity contribution in [3.63, 3.8) is 0 Å². The van der Waals surface area contributed by atoms with Gasteiger partial charge in [-0.1, -0.05) is 12.1 Å². The first-order valence-electron chi connectivity index (χ1n) is 4.31. The number of anilines is 1. The van der Waals surface area contributed by atoms with Gasteiger partial charge in [-0.3, -0.25) is 4.68 Å². The Morgan fingerprint density at radius 2 is 2.14 bits per heavy atom. The van der Waals surface area contributed by atoms with Crippen molar-refractivity contribution in [3.8, 4) is 0 Å². The highest BCUT2D eigenvalue weighted by Crippen LogP contribution is 2.25. The molecule has 72 valence electrons. The molecule has 2 N–H and O–H groups in total. The van der Waals surface area contributed by atoms with E-state index in [4.69, 9.17) is 5.73 Å². The van der Waals surface area contributed by atoms with Gasteiger partial charge in [0.25, 0.3) is 0 Å². The summed E-state index contributed by atoms with van der Waals surface area (Å²) in [5.41, 5.74) is 6.63. The van der Waals surface area contributed by atoms with Crippen LogP contribution in [0.5, 0.6) is 0 Å². The molecule has 0 bridgehead atoms. The molecule has 0 aliphatic carbocycles. The van der Waals surface area contributed by atoms with Crippen LogP contribution in [0.3, 0.4) is 0 Å². The molecule has 0 saturated carbocycles. The van der Waals surface area contributed by atoms with Gasteiger partial charge in [0.05, 0.1) is 5.88 Å². The Morgan fingerprint density at radius 1 is 1.29 bits per heavy atom. The van der Waals surface area contributed by atoms with Gasteiger partial charge in [0.2, 0.25) is 0 Å². The molecule has 0 saturated heterocycles. The Kier molecular flexibility index (Phi) is 2.74. The normalized spacial score (nSPS) is 10.3. The number of hydrogen-bond acceptors (Lipinski definition) is 3. The van der Waals surface area contributed by atoms with Crippen molar-refractivity contribution in [2.24, 2.45) is 0 Å². The molecule has 3 nitrogen and oxygen atoms in total. The van der Waals surface area contributed by atoms with Gasteiger partial charge in [-0.05, 0) is 18.2 Å². The molecule has 0 aliphatic heterocycles. The molecule has 0 spiro atoms. The number of para-hydroxylation sites is 1. The van der Waals surface area contributed by atoms with Gasteiger partial charge < -0.3 is 5.73 Å². The number of benzene rings is 1. The first kappa shape index (κ1) is 9.15. The molecule has 1 aromatic carbocycles. The minimum Gasteiger partial charge on any atom is -0.398 e. The lowest BCUT2D eigenvalue weighted by Gasteiger charge is -2.04. The molecule has 0 radical (unpaired) electrons. The molecule has 0 atom stereocenters. The summed E-state index contributed by atoms with van der Waals surface area (Å²) < 4.78 is 1.87. The average molecular weight is 205 g/mol. The highest BCUT2D eigenvalue weighted by atomic mass is 32.2. The monoisotopic (exact) mass is 205 g/mol. The Morgan fingerprint density at radius 3 is 2.86 bits per heavy atom. The Bertz CT molecular complexity index is 398. The van der Waals surface area contributed by atoms with Crippen LogP contribution < -0.4 is 5.73 Å². The minimum atomic E-state index is 0.793. The molecule has 2 aromatic rings. The smallest absolute Gasteiger partial charge is 0.0910 e. The lowest BCUT2D eigenvalue weighted by atomic mass is 10.3. The van der Waals surface area contributed by atoms with E-state index in [9.17, 15) is 0 Å². The van der Waals surface area contributed by atoms with Crippen LogP contribution >= 0.6 is 11.8 Å². The standard InChI is InChI=1S/C10H11N3S/c11-9-4-1-2-5-10(9)14-8-13-7-3-6-12-13/h1-7H,8,11H2. The summed E-state index contributed by atoms with van der Waals surface area (Å²) in [6.45, 7) is 0. The summed E-state index contributed by atoms with van der Waals surface area (Å²) in [5.74, 6) is 0.793. The SMILES string of the molecule is Nc1ccccc1SCn1cccn1. The number of thioether (sulfide) groups is 1. The van der Waals surface area contributed by atoms with E-state index < -0.39 is 0 Å². The third-order valence-corrected chi connectivity index (χ3v) is 2.91. The van der Waals surface area contributed by atoms with Crippen LogP contribution in [0.4, 0.5) is 5.69 Å². The van der Waals surface area contributed by atoms with E-state index in [-0.39, 0.29) is 0 Å². The van der Waals surface area contributed by atoms with Crippen molar-refractivity contribution >= 4 is 17.4 Å². The predicted octanol–water partition coefficient (Wildman–Crippen LogP) is 2.22. The summed E-state index contributed by atoms with van der Waals surface area (Å²) in [4.78, 5) is 1.10. The van der Waals surface area contributed by atoms with E-state index >= 15 is 0 Å². The first-order valence-corrected chi connectivity index (χ1v) is 5.29. The van der Waals surface area contributed by atoms with Gasteiger partial charge in [0.15, 0.2) is 0 Å². The molecule has 0 aliphatic rings. The van der Waals surface area contributed by atoms with E-state index in [2.05, 4.69) is 5.10 Å². The zero-order chi connectivity index (χ0) is 9.80. The number of nitrogens with two attached hydrogens (primary N) is 1. The van der Waals surface area contributed by atoms with Crippen LogP contribution in [0.15, 0.2) is 47.6 Å². The van der Waals surface area contributed by atoms with Gasteiger partial charge in [0.1, 0.15) is 0 Å². The number of nitrogen functional groups attached to an aromatic ring is 1. The van der Waals surface area contributed by atoms with E-state index in [0.717, 1.165) is 16.5 Å². The Balaban J connectivity index is 2.02. The first-order chi connectivity index (χ1) is 6.86. The zero-order valence-corrected chi connectivity index (χ0v) is 8.45. The summed E-state index contributed by atoms with van der Waals surface area (Å²) in [6, 6.07) is 9.76. The summed E-state index contributed by atoms with van der Waals surface area (Å²) in [7, 11) is 0. The second-order valence-electron chi connectivity index (χ2n) is 2.86. The quantitative estimate of drug-likeness (QED) is 0.617. The summed E-state index contributed by atoms with van der Waals surface area (Å²) >= 11 is 1.68. The number of aromatic nitrogens is 2. The maximum absolute atomic E-state index is 5.81. The average Bonchev–Trinajstić information content (AvgIpc) is 2.69. The van der Waals surface area contributed by atoms with Crippen LogP contribution in [-0.2, 0) is 5.88 Å². The van der Waals surface area contributed by atoms with Crippen molar-refractivity contribution < 1.29 is 0 Å². The van der Waals surface area contributed by atoms with E-state index in [1.54, 1.807) is 18.0 Å². The molecule has 1 heterocycles. The molecule has 4 heteroatoms. The highest BCUT2D eigenvalue weighted by molar-refractivity contribution is 7.98. The van der Waals surface area contributed by atoms with Gasteiger partial charge in [-0.2, -0.15) is 5.10 Å². The molecule has 1 aromatic heterocycles. The van der Waals surface area contributed by atoms with Crippen LogP contribution in [0.1, 0.15) is 0 Å². The Labute approximate surface area is 86.9 Å². The Hall–Kier alpha value is -1.42. The molecular formula is C10H11N3S. The number of hydrogen-bond donors (Lipinski definition) is 1. The second kappa shape index (κ2) is 4.19. The van der Waals surface area contributed by atoms with E-state index in [0.29, 0.717) is 0 Å². The lowest BCUT2D eigenvalue weighted by Crippen LogP contribution is -1.95. The minimum absolute atomic E-state index is 0.793. The van der Waals surface area contributed by atoms with Crippen molar-refractivity contribution in [3.05, 3.63) is 42.7 Å². The lowest BCUT2D eigenvalue weighted by molar-refractivity contribution is 0.751. The topological polar surface area (TPSA) is 43.8 Å². The molecule has 14 heavy (non-hydrogen) atoms. The third-order valence-electron chi connectivity index (χ3n) is 1.83. The molecule has 2 rings (SSSR count).